The number of ether oxygens (including phenoxy) is 1. The zero-order valence-electron chi connectivity index (χ0n) is 10.3. The van der Waals surface area contributed by atoms with Crippen LogP contribution in [0.2, 0.25) is 0 Å². The molecule has 18 heavy (non-hydrogen) atoms. The van der Waals surface area contributed by atoms with E-state index in [-0.39, 0.29) is 6.10 Å². The van der Waals surface area contributed by atoms with E-state index in [2.05, 4.69) is 38.5 Å². The molecule has 2 aromatic rings. The lowest BCUT2D eigenvalue weighted by molar-refractivity contribution is 0.00713. The Morgan fingerprint density at radius 3 is 3.11 bits per heavy atom. The van der Waals surface area contributed by atoms with Gasteiger partial charge in [-0.3, -0.25) is 0 Å². The molecule has 1 saturated heterocycles. The number of fused-ring (bicyclic) bond motifs is 1. The second kappa shape index (κ2) is 4.55. The molecule has 3 rings (SSSR count). The standard InChI is InChI=1S/C13H16BrN3O/c1-8-6-10(4-5-18-8)17-12-7-9(14)2-3-11(12)16-13(17)15/h2-3,7-8,10H,4-6H2,1H3,(H2,15,16). The summed E-state index contributed by atoms with van der Waals surface area (Å²) >= 11 is 3.51. The molecule has 1 fully saturated rings. The highest BCUT2D eigenvalue weighted by molar-refractivity contribution is 9.10. The van der Waals surface area contributed by atoms with Crippen molar-refractivity contribution in [1.29, 1.82) is 0 Å². The molecule has 0 aliphatic carbocycles. The topological polar surface area (TPSA) is 53.1 Å². The summed E-state index contributed by atoms with van der Waals surface area (Å²) in [5, 5.41) is 0. The van der Waals surface area contributed by atoms with Crippen LogP contribution in [0, 0.1) is 0 Å². The van der Waals surface area contributed by atoms with E-state index in [4.69, 9.17) is 10.5 Å². The van der Waals surface area contributed by atoms with Gasteiger partial charge in [-0.15, -0.1) is 0 Å². The number of halogens is 1. The summed E-state index contributed by atoms with van der Waals surface area (Å²) in [6, 6.07) is 6.45. The fraction of sp³-hybridized carbons (Fsp3) is 0.462. The lowest BCUT2D eigenvalue weighted by atomic mass is 10.0. The van der Waals surface area contributed by atoms with Crippen LogP contribution in [0.1, 0.15) is 25.8 Å². The molecule has 0 saturated carbocycles. The summed E-state index contributed by atoms with van der Waals surface area (Å²) < 4.78 is 8.80. The highest BCUT2D eigenvalue weighted by Gasteiger charge is 2.24. The van der Waals surface area contributed by atoms with Crippen LogP contribution in [0.5, 0.6) is 0 Å². The Morgan fingerprint density at radius 2 is 2.33 bits per heavy atom. The second-order valence-electron chi connectivity index (χ2n) is 4.83. The molecule has 1 aromatic heterocycles. The summed E-state index contributed by atoms with van der Waals surface area (Å²) in [5.74, 6) is 0.599. The predicted octanol–water partition coefficient (Wildman–Crippen LogP) is 3.12. The van der Waals surface area contributed by atoms with E-state index >= 15 is 0 Å². The van der Waals surface area contributed by atoms with Crippen molar-refractivity contribution in [2.75, 3.05) is 12.3 Å². The minimum absolute atomic E-state index is 0.285. The maximum absolute atomic E-state index is 6.08. The Morgan fingerprint density at radius 1 is 1.50 bits per heavy atom. The first-order chi connectivity index (χ1) is 8.65. The molecule has 0 amide bonds. The third-order valence-corrected chi connectivity index (χ3v) is 3.99. The molecule has 2 N–H and O–H groups in total. The first-order valence-corrected chi connectivity index (χ1v) is 6.99. The number of hydrogen-bond donors (Lipinski definition) is 1. The largest absolute Gasteiger partial charge is 0.378 e. The van der Waals surface area contributed by atoms with Gasteiger partial charge in [0.2, 0.25) is 5.95 Å². The first-order valence-electron chi connectivity index (χ1n) is 6.19. The van der Waals surface area contributed by atoms with Crippen molar-refractivity contribution in [3.8, 4) is 0 Å². The molecule has 2 heterocycles. The lowest BCUT2D eigenvalue weighted by Crippen LogP contribution is -2.26. The van der Waals surface area contributed by atoms with Gasteiger partial charge in [0.05, 0.1) is 17.1 Å². The van der Waals surface area contributed by atoms with Gasteiger partial charge in [-0.1, -0.05) is 15.9 Å². The summed E-state index contributed by atoms with van der Waals surface area (Å²) in [7, 11) is 0. The molecule has 4 nitrogen and oxygen atoms in total. The second-order valence-corrected chi connectivity index (χ2v) is 5.75. The molecule has 96 valence electrons. The maximum atomic E-state index is 6.08. The Bertz CT molecular complexity index is 581. The zero-order valence-corrected chi connectivity index (χ0v) is 11.9. The molecule has 1 aliphatic heterocycles. The van der Waals surface area contributed by atoms with Crippen molar-refractivity contribution >= 4 is 32.9 Å². The Kier molecular flexibility index (Phi) is 3.03. The monoisotopic (exact) mass is 309 g/mol. The van der Waals surface area contributed by atoms with Crippen molar-refractivity contribution in [3.63, 3.8) is 0 Å². The molecule has 2 atom stereocenters. The molecule has 1 aromatic carbocycles. The number of anilines is 1. The van der Waals surface area contributed by atoms with Gasteiger partial charge in [0.1, 0.15) is 0 Å². The van der Waals surface area contributed by atoms with Crippen molar-refractivity contribution in [2.24, 2.45) is 0 Å². The quantitative estimate of drug-likeness (QED) is 0.880. The third-order valence-electron chi connectivity index (χ3n) is 3.50. The molecule has 2 unspecified atom stereocenters. The van der Waals surface area contributed by atoms with E-state index in [9.17, 15) is 0 Å². The number of benzene rings is 1. The SMILES string of the molecule is CC1CC(n2c(N)nc3ccc(Br)cc32)CCO1. The minimum Gasteiger partial charge on any atom is -0.378 e. The first kappa shape index (κ1) is 12.0. The van der Waals surface area contributed by atoms with Crippen molar-refractivity contribution in [1.82, 2.24) is 9.55 Å². The van der Waals surface area contributed by atoms with Crippen molar-refractivity contribution < 1.29 is 4.74 Å². The lowest BCUT2D eigenvalue weighted by Gasteiger charge is -2.29. The molecule has 5 heteroatoms. The highest BCUT2D eigenvalue weighted by atomic mass is 79.9. The highest BCUT2D eigenvalue weighted by Crippen LogP contribution is 2.32. The van der Waals surface area contributed by atoms with Crippen molar-refractivity contribution in [3.05, 3.63) is 22.7 Å². The van der Waals surface area contributed by atoms with Gasteiger partial charge in [0, 0.05) is 17.1 Å². The van der Waals surface area contributed by atoms with Crippen LogP contribution in [0.25, 0.3) is 11.0 Å². The van der Waals surface area contributed by atoms with Gasteiger partial charge in [-0.05, 0) is 38.0 Å². The minimum atomic E-state index is 0.285. The summed E-state index contributed by atoms with van der Waals surface area (Å²) in [4.78, 5) is 4.43. The Labute approximate surface area is 114 Å². The number of hydrogen-bond acceptors (Lipinski definition) is 3. The fourth-order valence-electron chi connectivity index (χ4n) is 2.68. The van der Waals surface area contributed by atoms with Crippen LogP contribution in [0.15, 0.2) is 22.7 Å². The van der Waals surface area contributed by atoms with E-state index < -0.39 is 0 Å². The van der Waals surface area contributed by atoms with Crippen LogP contribution >= 0.6 is 15.9 Å². The van der Waals surface area contributed by atoms with Crippen LogP contribution < -0.4 is 5.73 Å². The normalized spacial score (nSPS) is 24.6. The molecule has 0 spiro atoms. The Balaban J connectivity index is 2.09. The molecule has 1 aliphatic rings. The van der Waals surface area contributed by atoms with E-state index in [0.29, 0.717) is 12.0 Å². The number of nitrogens with zero attached hydrogens (tertiary/aromatic N) is 2. The molecular weight excluding hydrogens is 294 g/mol. The summed E-state index contributed by atoms with van der Waals surface area (Å²) in [5.41, 5.74) is 8.13. The summed E-state index contributed by atoms with van der Waals surface area (Å²) in [6.07, 6.45) is 2.27. The van der Waals surface area contributed by atoms with Gasteiger partial charge < -0.3 is 15.0 Å². The fourth-order valence-corrected chi connectivity index (χ4v) is 3.03. The summed E-state index contributed by atoms with van der Waals surface area (Å²) in [6.45, 7) is 2.90. The van der Waals surface area contributed by atoms with E-state index in [1.807, 2.05) is 12.1 Å². The Hall–Kier alpha value is -1.07. The maximum Gasteiger partial charge on any atom is 0.201 e. The third kappa shape index (κ3) is 2.01. The molecule has 0 radical (unpaired) electrons. The zero-order chi connectivity index (χ0) is 12.7. The van der Waals surface area contributed by atoms with E-state index in [1.165, 1.54) is 0 Å². The van der Waals surface area contributed by atoms with Gasteiger partial charge in [-0.25, -0.2) is 4.98 Å². The molecule has 0 bridgehead atoms. The average Bonchev–Trinajstić information content (AvgIpc) is 2.64. The average molecular weight is 310 g/mol. The van der Waals surface area contributed by atoms with Crippen LogP contribution in [-0.2, 0) is 4.74 Å². The van der Waals surface area contributed by atoms with E-state index in [0.717, 1.165) is 35.0 Å². The van der Waals surface area contributed by atoms with Gasteiger partial charge in [0.15, 0.2) is 0 Å². The van der Waals surface area contributed by atoms with Gasteiger partial charge in [-0.2, -0.15) is 0 Å². The van der Waals surface area contributed by atoms with Gasteiger partial charge in [0.25, 0.3) is 0 Å². The number of nitrogens with two attached hydrogens (primary N) is 1. The molecular formula is C13H16BrN3O. The van der Waals surface area contributed by atoms with Crippen LogP contribution in [0.3, 0.4) is 0 Å². The predicted molar refractivity (Wildman–Crippen MR) is 75.5 cm³/mol. The number of nitrogen functional groups attached to an aromatic ring is 1. The van der Waals surface area contributed by atoms with Crippen LogP contribution in [0.4, 0.5) is 5.95 Å². The smallest absolute Gasteiger partial charge is 0.201 e. The number of imidazole rings is 1. The van der Waals surface area contributed by atoms with Crippen LogP contribution in [-0.4, -0.2) is 22.3 Å². The number of rotatable bonds is 1. The number of aromatic nitrogens is 2. The van der Waals surface area contributed by atoms with Gasteiger partial charge >= 0.3 is 0 Å². The van der Waals surface area contributed by atoms with E-state index in [1.54, 1.807) is 0 Å². The van der Waals surface area contributed by atoms with Crippen molar-refractivity contribution in [2.45, 2.75) is 31.9 Å².